The van der Waals surface area contributed by atoms with Gasteiger partial charge in [-0.1, -0.05) is 6.07 Å². The molecule has 0 spiro atoms. The summed E-state index contributed by atoms with van der Waals surface area (Å²) in [5, 5.41) is 10.5. The molecular weight excluding hydrogens is 248 g/mol. The quantitative estimate of drug-likeness (QED) is 0.483. The number of anilines is 1. The van der Waals surface area contributed by atoms with E-state index in [1.807, 2.05) is 6.07 Å². The van der Waals surface area contributed by atoms with E-state index in [9.17, 15) is 10.1 Å². The molecule has 0 amide bonds. The van der Waals surface area contributed by atoms with Crippen molar-refractivity contribution >= 4 is 11.5 Å². The lowest BCUT2D eigenvalue weighted by Crippen LogP contribution is -2.08. The van der Waals surface area contributed by atoms with Gasteiger partial charge in [0.25, 0.3) is 5.69 Å². The van der Waals surface area contributed by atoms with Gasteiger partial charge in [0, 0.05) is 23.9 Å². The minimum atomic E-state index is -0.452. The van der Waals surface area contributed by atoms with Gasteiger partial charge in [-0.25, -0.2) is 10.8 Å². The van der Waals surface area contributed by atoms with E-state index >= 15 is 0 Å². The molecule has 1 aromatic heterocycles. The lowest BCUT2D eigenvalue weighted by atomic mass is 10.3. The summed E-state index contributed by atoms with van der Waals surface area (Å²) in [6, 6.07) is 9.47. The lowest BCUT2D eigenvalue weighted by Gasteiger charge is -2.06. The predicted molar refractivity (Wildman–Crippen MR) is 69.5 cm³/mol. The Morgan fingerprint density at radius 2 is 2.00 bits per heavy atom. The molecular formula is C12H12N4O3. The smallest absolute Gasteiger partial charge is 0.269 e. The molecule has 0 fully saturated rings. The fraction of sp³-hybridized carbons (Fsp3) is 0.0833. The van der Waals surface area contributed by atoms with E-state index in [1.165, 1.54) is 12.1 Å². The highest BCUT2D eigenvalue weighted by molar-refractivity contribution is 5.36. The van der Waals surface area contributed by atoms with Gasteiger partial charge < -0.3 is 10.2 Å². The Balaban J connectivity index is 1.95. The number of rotatable bonds is 5. The first-order valence-electron chi connectivity index (χ1n) is 5.48. The van der Waals surface area contributed by atoms with Crippen LogP contribution in [-0.2, 0) is 6.61 Å². The molecule has 19 heavy (non-hydrogen) atoms. The molecule has 0 unspecified atom stereocenters. The number of hydrogen-bond acceptors (Lipinski definition) is 6. The number of benzene rings is 1. The molecule has 0 saturated heterocycles. The summed E-state index contributed by atoms with van der Waals surface area (Å²) in [7, 11) is 0. The van der Waals surface area contributed by atoms with Crippen LogP contribution < -0.4 is 16.0 Å². The molecule has 7 nitrogen and oxygen atoms in total. The zero-order valence-electron chi connectivity index (χ0n) is 9.95. The second kappa shape index (κ2) is 5.78. The summed E-state index contributed by atoms with van der Waals surface area (Å²) in [6.45, 7) is 0.329. The van der Waals surface area contributed by atoms with Gasteiger partial charge in [0.05, 0.1) is 4.92 Å². The number of pyridine rings is 1. The van der Waals surface area contributed by atoms with E-state index in [-0.39, 0.29) is 5.69 Å². The third-order valence-corrected chi connectivity index (χ3v) is 2.43. The number of nitro groups is 1. The Kier molecular flexibility index (Phi) is 3.89. The van der Waals surface area contributed by atoms with Crippen LogP contribution in [0.25, 0.3) is 0 Å². The van der Waals surface area contributed by atoms with E-state index in [0.717, 1.165) is 5.56 Å². The van der Waals surface area contributed by atoms with Crippen LogP contribution in [0.3, 0.4) is 0 Å². The predicted octanol–water partition coefficient (Wildman–Crippen LogP) is 1.85. The van der Waals surface area contributed by atoms with Crippen molar-refractivity contribution in [3.8, 4) is 5.75 Å². The van der Waals surface area contributed by atoms with E-state index in [4.69, 9.17) is 10.6 Å². The summed E-state index contributed by atoms with van der Waals surface area (Å²) in [5.74, 6) is 6.33. The molecule has 0 aliphatic carbocycles. The highest BCUT2D eigenvalue weighted by atomic mass is 16.6. The van der Waals surface area contributed by atoms with Crippen molar-refractivity contribution in [2.24, 2.45) is 5.84 Å². The van der Waals surface area contributed by atoms with Crippen LogP contribution in [0.5, 0.6) is 5.75 Å². The molecule has 0 aliphatic heterocycles. The molecule has 3 N–H and O–H groups in total. The largest absolute Gasteiger partial charge is 0.489 e. The Morgan fingerprint density at radius 3 is 2.53 bits per heavy atom. The van der Waals surface area contributed by atoms with E-state index in [1.54, 1.807) is 24.4 Å². The fourth-order valence-electron chi connectivity index (χ4n) is 1.43. The number of nitrogens with two attached hydrogens (primary N) is 1. The Hall–Kier alpha value is -2.67. The highest BCUT2D eigenvalue weighted by Gasteiger charge is 2.04. The van der Waals surface area contributed by atoms with Crippen molar-refractivity contribution in [2.75, 3.05) is 5.43 Å². The minimum Gasteiger partial charge on any atom is -0.489 e. The molecule has 1 aromatic carbocycles. The second-order valence-corrected chi connectivity index (χ2v) is 3.74. The Labute approximate surface area is 109 Å². The fourth-order valence-corrected chi connectivity index (χ4v) is 1.43. The van der Waals surface area contributed by atoms with Crippen LogP contribution >= 0.6 is 0 Å². The van der Waals surface area contributed by atoms with Crippen molar-refractivity contribution in [1.82, 2.24) is 4.98 Å². The number of hydrogen-bond donors (Lipinski definition) is 2. The summed E-state index contributed by atoms with van der Waals surface area (Å²) >= 11 is 0. The molecule has 0 bridgehead atoms. The van der Waals surface area contributed by atoms with Crippen LogP contribution in [0, 0.1) is 10.1 Å². The second-order valence-electron chi connectivity index (χ2n) is 3.74. The zero-order chi connectivity index (χ0) is 13.7. The monoisotopic (exact) mass is 260 g/mol. The molecule has 98 valence electrons. The first kappa shape index (κ1) is 12.8. The van der Waals surface area contributed by atoms with Crippen molar-refractivity contribution in [2.45, 2.75) is 6.61 Å². The van der Waals surface area contributed by atoms with Gasteiger partial charge in [0.15, 0.2) is 0 Å². The summed E-state index contributed by atoms with van der Waals surface area (Å²) in [5.41, 5.74) is 3.34. The Bertz CT molecular complexity index is 554. The molecule has 1 heterocycles. The van der Waals surface area contributed by atoms with Gasteiger partial charge in [0.2, 0.25) is 0 Å². The van der Waals surface area contributed by atoms with Gasteiger partial charge in [-0.05, 0) is 18.2 Å². The molecule has 0 radical (unpaired) electrons. The van der Waals surface area contributed by atoms with Crippen LogP contribution in [0.1, 0.15) is 5.56 Å². The third kappa shape index (κ3) is 3.39. The molecule has 2 aromatic rings. The summed E-state index contributed by atoms with van der Waals surface area (Å²) in [4.78, 5) is 14.1. The average Bonchev–Trinajstić information content (AvgIpc) is 2.46. The first-order chi connectivity index (χ1) is 9.19. The number of non-ortho nitro benzene ring substituents is 1. The van der Waals surface area contributed by atoms with Gasteiger partial charge >= 0.3 is 0 Å². The normalized spacial score (nSPS) is 9.95. The summed E-state index contributed by atoms with van der Waals surface area (Å²) < 4.78 is 5.49. The number of hydrazine groups is 1. The molecule has 0 aliphatic rings. The first-order valence-corrected chi connectivity index (χ1v) is 5.48. The molecule has 0 saturated carbocycles. The standard InChI is InChI=1S/C12H12N4O3/c13-15-12-6-1-9(7-14-12)8-19-11-4-2-10(3-5-11)16(17)18/h1-7H,8,13H2,(H,14,15). The van der Waals surface area contributed by atoms with Crippen LogP contribution in [0.4, 0.5) is 11.5 Å². The SMILES string of the molecule is NNc1ccc(COc2ccc([N+](=O)[O-])cc2)cn1. The van der Waals surface area contributed by atoms with Crippen molar-refractivity contribution in [3.05, 3.63) is 58.3 Å². The lowest BCUT2D eigenvalue weighted by molar-refractivity contribution is -0.384. The minimum absolute atomic E-state index is 0.0346. The topological polar surface area (TPSA) is 103 Å². The van der Waals surface area contributed by atoms with Gasteiger partial charge in [-0.3, -0.25) is 10.1 Å². The van der Waals surface area contributed by atoms with Gasteiger partial charge in [-0.15, -0.1) is 0 Å². The van der Waals surface area contributed by atoms with Crippen LogP contribution in [-0.4, -0.2) is 9.91 Å². The van der Waals surface area contributed by atoms with Gasteiger partial charge in [0.1, 0.15) is 18.2 Å². The highest BCUT2D eigenvalue weighted by Crippen LogP contribution is 2.18. The Morgan fingerprint density at radius 1 is 1.26 bits per heavy atom. The molecule has 0 atom stereocenters. The van der Waals surface area contributed by atoms with Crippen LogP contribution in [0.2, 0.25) is 0 Å². The van der Waals surface area contributed by atoms with Crippen molar-refractivity contribution < 1.29 is 9.66 Å². The van der Waals surface area contributed by atoms with E-state index in [2.05, 4.69) is 10.4 Å². The van der Waals surface area contributed by atoms with Crippen molar-refractivity contribution in [1.29, 1.82) is 0 Å². The van der Waals surface area contributed by atoms with E-state index in [0.29, 0.717) is 18.2 Å². The van der Waals surface area contributed by atoms with Crippen molar-refractivity contribution in [3.63, 3.8) is 0 Å². The number of nitrogen functional groups attached to an aromatic ring is 1. The number of nitrogens with one attached hydrogen (secondary N) is 1. The summed E-state index contributed by atoms with van der Waals surface area (Å²) in [6.07, 6.45) is 1.64. The maximum atomic E-state index is 10.5. The maximum Gasteiger partial charge on any atom is 0.269 e. The molecule has 2 rings (SSSR count). The van der Waals surface area contributed by atoms with Crippen LogP contribution in [0.15, 0.2) is 42.6 Å². The molecule has 7 heteroatoms. The number of nitrogens with zero attached hydrogens (tertiary/aromatic N) is 2. The number of ether oxygens (including phenoxy) is 1. The van der Waals surface area contributed by atoms with E-state index < -0.39 is 4.92 Å². The number of nitro benzene ring substituents is 1. The van der Waals surface area contributed by atoms with Gasteiger partial charge in [-0.2, -0.15) is 0 Å². The number of aromatic nitrogens is 1. The average molecular weight is 260 g/mol. The third-order valence-electron chi connectivity index (χ3n) is 2.43. The maximum absolute atomic E-state index is 10.5. The zero-order valence-corrected chi connectivity index (χ0v) is 9.95.